The first-order valence-corrected chi connectivity index (χ1v) is 8.75. The van der Waals surface area contributed by atoms with Crippen LogP contribution in [0.5, 0.6) is 0 Å². The van der Waals surface area contributed by atoms with E-state index < -0.39 is 0 Å². The van der Waals surface area contributed by atoms with Crippen molar-refractivity contribution in [3.05, 3.63) is 83.1 Å². The van der Waals surface area contributed by atoms with Gasteiger partial charge in [0.2, 0.25) is 0 Å². The number of carbonyl (C=O) groups is 1. The zero-order chi connectivity index (χ0) is 19.0. The lowest BCUT2D eigenvalue weighted by molar-refractivity contribution is 0.0468. The highest BCUT2D eigenvalue weighted by molar-refractivity contribution is 5.89. The highest BCUT2D eigenvalue weighted by atomic mass is 16.5. The first-order valence-electron chi connectivity index (χ1n) is 8.75. The molecule has 0 spiro atoms. The van der Waals surface area contributed by atoms with Gasteiger partial charge in [0.05, 0.1) is 22.6 Å². The van der Waals surface area contributed by atoms with Gasteiger partial charge < -0.3 is 9.14 Å². The number of pyridine rings is 1. The van der Waals surface area contributed by atoms with Crippen LogP contribution in [-0.4, -0.2) is 25.1 Å². The molecule has 0 saturated carbocycles. The van der Waals surface area contributed by atoms with E-state index in [1.807, 2.05) is 72.6 Å². The molecule has 3 aromatic heterocycles. The van der Waals surface area contributed by atoms with Crippen LogP contribution >= 0.6 is 0 Å². The smallest absolute Gasteiger partial charge is 0.338 e. The van der Waals surface area contributed by atoms with Gasteiger partial charge in [-0.1, -0.05) is 6.07 Å². The lowest BCUT2D eigenvalue weighted by Gasteiger charge is -2.06. The Bertz CT molecular complexity index is 1120. The first kappa shape index (κ1) is 17.0. The van der Waals surface area contributed by atoms with Crippen molar-refractivity contribution in [3.8, 4) is 5.69 Å². The van der Waals surface area contributed by atoms with E-state index in [0.717, 1.165) is 34.0 Å². The van der Waals surface area contributed by atoms with E-state index >= 15 is 0 Å². The lowest BCUT2D eigenvalue weighted by atomic mass is 10.2. The Morgan fingerprint density at radius 1 is 1.11 bits per heavy atom. The highest BCUT2D eigenvalue weighted by Crippen LogP contribution is 2.15. The molecule has 1 aromatic carbocycles. The fraction of sp³-hybridized carbons (Fsp3) is 0.190. The zero-order valence-electron chi connectivity index (χ0n) is 15.5. The number of hydrogen-bond donors (Lipinski definition) is 0. The molecular formula is C21H20N4O2. The standard InChI is InChI=1S/C21H20N4O2/c1-14-5-4-10-24-12-18(22-20(14)24)13-27-21(26)17-6-8-19(9-7-17)25-16(3)11-15(2)23-25/h4-12H,13H2,1-3H3. The Hall–Kier alpha value is -3.41. The number of carbonyl (C=O) groups excluding carboxylic acids is 1. The third-order valence-corrected chi connectivity index (χ3v) is 4.44. The van der Waals surface area contributed by atoms with Gasteiger partial charge in [0.15, 0.2) is 0 Å². The van der Waals surface area contributed by atoms with E-state index in [4.69, 9.17) is 4.74 Å². The second kappa shape index (κ2) is 6.72. The maximum absolute atomic E-state index is 12.3. The minimum Gasteiger partial charge on any atom is -0.456 e. The van der Waals surface area contributed by atoms with Gasteiger partial charge in [0.1, 0.15) is 12.3 Å². The van der Waals surface area contributed by atoms with Gasteiger partial charge in [0.25, 0.3) is 0 Å². The van der Waals surface area contributed by atoms with Gasteiger partial charge in [-0.25, -0.2) is 14.5 Å². The summed E-state index contributed by atoms with van der Waals surface area (Å²) in [4.78, 5) is 16.9. The number of hydrogen-bond acceptors (Lipinski definition) is 4. The predicted octanol–water partition coefficient (Wildman–Crippen LogP) is 3.80. The van der Waals surface area contributed by atoms with Crippen LogP contribution in [0, 0.1) is 20.8 Å². The normalized spacial score (nSPS) is 11.1. The number of imidazole rings is 1. The van der Waals surface area contributed by atoms with E-state index in [-0.39, 0.29) is 12.6 Å². The van der Waals surface area contributed by atoms with Crippen LogP contribution < -0.4 is 0 Å². The number of esters is 1. The fourth-order valence-corrected chi connectivity index (χ4v) is 3.13. The Balaban J connectivity index is 1.46. The Morgan fingerprint density at radius 3 is 2.56 bits per heavy atom. The summed E-state index contributed by atoms with van der Waals surface area (Å²) in [6.07, 6.45) is 3.81. The molecule has 0 unspecified atom stereocenters. The second-order valence-corrected chi connectivity index (χ2v) is 6.62. The second-order valence-electron chi connectivity index (χ2n) is 6.62. The molecule has 0 aliphatic heterocycles. The average Bonchev–Trinajstić information content (AvgIpc) is 3.23. The molecule has 0 radical (unpaired) electrons. The molecule has 3 heterocycles. The molecule has 0 amide bonds. The number of aromatic nitrogens is 4. The summed E-state index contributed by atoms with van der Waals surface area (Å²) >= 11 is 0. The molecule has 136 valence electrons. The molecular weight excluding hydrogens is 340 g/mol. The van der Waals surface area contributed by atoms with E-state index in [9.17, 15) is 4.79 Å². The number of benzene rings is 1. The lowest BCUT2D eigenvalue weighted by Crippen LogP contribution is -2.06. The molecule has 27 heavy (non-hydrogen) atoms. The van der Waals surface area contributed by atoms with E-state index in [1.165, 1.54) is 0 Å². The van der Waals surface area contributed by atoms with Crippen LogP contribution in [0.4, 0.5) is 0 Å². The number of aryl methyl sites for hydroxylation is 3. The van der Waals surface area contributed by atoms with Crippen molar-refractivity contribution in [2.24, 2.45) is 0 Å². The van der Waals surface area contributed by atoms with Crippen LogP contribution in [-0.2, 0) is 11.3 Å². The summed E-state index contributed by atoms with van der Waals surface area (Å²) in [7, 11) is 0. The quantitative estimate of drug-likeness (QED) is 0.519. The zero-order valence-corrected chi connectivity index (χ0v) is 15.5. The van der Waals surface area contributed by atoms with Crippen molar-refractivity contribution in [1.29, 1.82) is 0 Å². The van der Waals surface area contributed by atoms with Crippen LogP contribution in [0.25, 0.3) is 11.3 Å². The largest absolute Gasteiger partial charge is 0.456 e. The number of ether oxygens (including phenoxy) is 1. The Labute approximate surface area is 157 Å². The maximum Gasteiger partial charge on any atom is 0.338 e. The Morgan fingerprint density at radius 2 is 1.89 bits per heavy atom. The number of nitrogens with zero attached hydrogens (tertiary/aromatic N) is 4. The van der Waals surface area contributed by atoms with Gasteiger partial charge >= 0.3 is 5.97 Å². The fourth-order valence-electron chi connectivity index (χ4n) is 3.13. The topological polar surface area (TPSA) is 61.4 Å². The maximum atomic E-state index is 12.3. The molecule has 6 heteroatoms. The van der Waals surface area contributed by atoms with Crippen LogP contribution in [0.1, 0.15) is 33.0 Å². The highest BCUT2D eigenvalue weighted by Gasteiger charge is 2.11. The van der Waals surface area contributed by atoms with Gasteiger partial charge in [-0.15, -0.1) is 0 Å². The summed E-state index contributed by atoms with van der Waals surface area (Å²) < 4.78 is 9.20. The number of fused-ring (bicyclic) bond motifs is 1. The van der Waals surface area contributed by atoms with Gasteiger partial charge in [-0.2, -0.15) is 5.10 Å². The van der Waals surface area contributed by atoms with Crippen molar-refractivity contribution in [2.75, 3.05) is 0 Å². The molecule has 4 aromatic rings. The molecule has 0 saturated heterocycles. The predicted molar refractivity (Wildman–Crippen MR) is 102 cm³/mol. The van der Waals surface area contributed by atoms with Crippen molar-refractivity contribution in [1.82, 2.24) is 19.2 Å². The molecule has 4 rings (SSSR count). The van der Waals surface area contributed by atoms with Gasteiger partial charge in [-0.3, -0.25) is 0 Å². The molecule has 0 aliphatic rings. The van der Waals surface area contributed by atoms with Crippen molar-refractivity contribution >= 4 is 11.6 Å². The number of rotatable bonds is 4. The van der Waals surface area contributed by atoms with Crippen molar-refractivity contribution < 1.29 is 9.53 Å². The van der Waals surface area contributed by atoms with E-state index in [2.05, 4.69) is 10.1 Å². The van der Waals surface area contributed by atoms with E-state index in [1.54, 1.807) is 12.1 Å². The summed E-state index contributed by atoms with van der Waals surface area (Å²) in [6.45, 7) is 6.09. The van der Waals surface area contributed by atoms with Crippen LogP contribution in [0.3, 0.4) is 0 Å². The van der Waals surface area contributed by atoms with E-state index in [0.29, 0.717) is 5.56 Å². The molecule has 6 nitrogen and oxygen atoms in total. The molecule has 0 N–H and O–H groups in total. The summed E-state index contributed by atoms with van der Waals surface area (Å²) in [5.41, 5.74) is 6.08. The molecule has 0 bridgehead atoms. The molecule has 0 fully saturated rings. The molecule has 0 atom stereocenters. The van der Waals surface area contributed by atoms with Gasteiger partial charge in [0, 0.05) is 18.1 Å². The minimum absolute atomic E-state index is 0.138. The monoisotopic (exact) mass is 360 g/mol. The van der Waals surface area contributed by atoms with Crippen LogP contribution in [0.2, 0.25) is 0 Å². The minimum atomic E-state index is -0.372. The average molecular weight is 360 g/mol. The molecule has 0 aliphatic carbocycles. The SMILES string of the molecule is Cc1cc(C)n(-c2ccc(C(=O)OCc3cn4cccc(C)c4n3)cc2)n1. The summed E-state index contributed by atoms with van der Waals surface area (Å²) in [6, 6.07) is 13.2. The van der Waals surface area contributed by atoms with Gasteiger partial charge in [-0.05, 0) is 62.7 Å². The third kappa shape index (κ3) is 3.33. The Kier molecular flexibility index (Phi) is 4.24. The third-order valence-electron chi connectivity index (χ3n) is 4.44. The summed E-state index contributed by atoms with van der Waals surface area (Å²) in [5, 5.41) is 4.45. The van der Waals surface area contributed by atoms with Crippen molar-refractivity contribution in [2.45, 2.75) is 27.4 Å². The summed E-state index contributed by atoms with van der Waals surface area (Å²) in [5.74, 6) is -0.372. The first-order chi connectivity index (χ1) is 13.0. The van der Waals surface area contributed by atoms with Crippen LogP contribution in [0.15, 0.2) is 54.9 Å². The van der Waals surface area contributed by atoms with Crippen molar-refractivity contribution in [3.63, 3.8) is 0 Å².